The fraction of sp³-hybridized carbons (Fsp3) is 0.750. The number of rotatable bonds is 2. The molecule has 16 heavy (non-hydrogen) atoms. The van der Waals surface area contributed by atoms with Gasteiger partial charge < -0.3 is 11.1 Å². The van der Waals surface area contributed by atoms with Crippen molar-refractivity contribution in [1.29, 1.82) is 0 Å². The quantitative estimate of drug-likeness (QED) is 0.828. The van der Waals surface area contributed by atoms with Crippen LogP contribution < -0.4 is 11.1 Å². The summed E-state index contributed by atoms with van der Waals surface area (Å²) in [7, 11) is 0. The Morgan fingerprint density at radius 2 is 2.00 bits per heavy atom. The Hall–Kier alpha value is -0.770. The van der Waals surface area contributed by atoms with Crippen LogP contribution in [-0.2, 0) is 0 Å². The van der Waals surface area contributed by atoms with Crippen molar-refractivity contribution in [3.63, 3.8) is 0 Å². The molecule has 0 saturated heterocycles. The van der Waals surface area contributed by atoms with Crippen molar-refractivity contribution in [2.45, 2.75) is 32.2 Å². The van der Waals surface area contributed by atoms with E-state index in [1.165, 1.54) is 35.8 Å². The maximum absolute atomic E-state index is 5.78. The van der Waals surface area contributed by atoms with Crippen LogP contribution in [0.1, 0.15) is 24.8 Å². The topological polar surface area (TPSA) is 50.9 Å². The molecule has 3 fully saturated rings. The molecule has 0 spiro atoms. The van der Waals surface area contributed by atoms with Gasteiger partial charge in [0.25, 0.3) is 0 Å². The van der Waals surface area contributed by atoms with Crippen LogP contribution in [0.25, 0.3) is 0 Å². The molecular formula is C12H17N3S. The van der Waals surface area contributed by atoms with Crippen LogP contribution in [0, 0.1) is 30.6 Å². The summed E-state index contributed by atoms with van der Waals surface area (Å²) in [5.41, 5.74) is 6.92. The fourth-order valence-corrected chi connectivity index (χ4v) is 4.91. The zero-order chi connectivity index (χ0) is 10.9. The highest BCUT2D eigenvalue weighted by Crippen LogP contribution is 2.66. The highest BCUT2D eigenvalue weighted by atomic mass is 32.1. The predicted molar refractivity (Wildman–Crippen MR) is 66.5 cm³/mol. The number of nitrogen functional groups attached to an aromatic ring is 1. The zero-order valence-corrected chi connectivity index (χ0v) is 10.3. The summed E-state index contributed by atoms with van der Waals surface area (Å²) in [5.74, 6) is 4.69. The summed E-state index contributed by atoms with van der Waals surface area (Å²) in [6.45, 7) is 2.06. The van der Waals surface area contributed by atoms with Crippen LogP contribution in [0.5, 0.6) is 0 Å². The van der Waals surface area contributed by atoms with E-state index in [0.717, 1.165) is 35.3 Å². The number of hydrogen-bond acceptors (Lipinski definition) is 4. The van der Waals surface area contributed by atoms with Gasteiger partial charge in [0.15, 0.2) is 0 Å². The summed E-state index contributed by atoms with van der Waals surface area (Å²) in [4.78, 5) is 0. The van der Waals surface area contributed by atoms with E-state index in [4.69, 9.17) is 5.73 Å². The molecule has 4 unspecified atom stereocenters. The molecular weight excluding hydrogens is 218 g/mol. The van der Waals surface area contributed by atoms with Crippen molar-refractivity contribution in [2.75, 3.05) is 11.1 Å². The Morgan fingerprint density at radius 1 is 1.31 bits per heavy atom. The number of fused-ring (bicyclic) bond motifs is 5. The summed E-state index contributed by atoms with van der Waals surface area (Å²) in [6, 6.07) is 0.741. The first-order valence-corrected chi connectivity index (χ1v) is 7.01. The van der Waals surface area contributed by atoms with Gasteiger partial charge >= 0.3 is 0 Å². The molecule has 0 aromatic carbocycles. The third-order valence-corrected chi connectivity index (χ3v) is 5.89. The molecule has 3 N–H and O–H groups in total. The molecule has 3 nitrogen and oxygen atoms in total. The third-order valence-electron chi connectivity index (χ3n) is 4.99. The molecule has 3 aliphatic carbocycles. The second kappa shape index (κ2) is 2.92. The second-order valence-electron chi connectivity index (χ2n) is 5.68. The maximum atomic E-state index is 5.78. The molecule has 1 aromatic rings. The lowest BCUT2D eigenvalue weighted by Gasteiger charge is -2.10. The van der Waals surface area contributed by atoms with Gasteiger partial charge in [0.2, 0.25) is 0 Å². The highest BCUT2D eigenvalue weighted by Gasteiger charge is 2.65. The van der Waals surface area contributed by atoms with Crippen molar-refractivity contribution in [3.05, 3.63) is 5.56 Å². The van der Waals surface area contributed by atoms with E-state index in [-0.39, 0.29) is 0 Å². The molecule has 1 aromatic heterocycles. The molecule has 4 atom stereocenters. The number of nitrogens with zero attached hydrogens (tertiary/aromatic N) is 1. The molecule has 2 bridgehead atoms. The van der Waals surface area contributed by atoms with Gasteiger partial charge in [-0.2, -0.15) is 4.37 Å². The smallest absolute Gasteiger partial charge is 0.142 e. The van der Waals surface area contributed by atoms with Crippen LogP contribution >= 0.6 is 11.5 Å². The second-order valence-corrected chi connectivity index (χ2v) is 6.45. The molecule has 86 valence electrons. The van der Waals surface area contributed by atoms with E-state index < -0.39 is 0 Å². The van der Waals surface area contributed by atoms with Gasteiger partial charge in [-0.3, -0.25) is 0 Å². The molecule has 3 saturated carbocycles. The summed E-state index contributed by atoms with van der Waals surface area (Å²) in [6.07, 6.45) is 4.47. The maximum Gasteiger partial charge on any atom is 0.142 e. The van der Waals surface area contributed by atoms with Crippen LogP contribution in [0.2, 0.25) is 0 Å². The monoisotopic (exact) mass is 235 g/mol. The highest BCUT2D eigenvalue weighted by molar-refractivity contribution is 7.10. The Labute approximate surface area is 99.6 Å². The Bertz CT molecular complexity index is 425. The van der Waals surface area contributed by atoms with Gasteiger partial charge in [-0.1, -0.05) is 0 Å². The third kappa shape index (κ3) is 1.06. The van der Waals surface area contributed by atoms with Crippen LogP contribution in [-0.4, -0.2) is 10.4 Å². The SMILES string of the molecule is Cc1c(N)nsc1NC1C2C3CCC(C3)C12. The van der Waals surface area contributed by atoms with E-state index in [1.54, 1.807) is 0 Å². The van der Waals surface area contributed by atoms with Crippen LogP contribution in [0.15, 0.2) is 0 Å². The number of aromatic nitrogens is 1. The van der Waals surface area contributed by atoms with Crippen LogP contribution in [0.4, 0.5) is 10.8 Å². The summed E-state index contributed by atoms with van der Waals surface area (Å²) >= 11 is 1.52. The number of nitrogens with two attached hydrogens (primary N) is 1. The summed E-state index contributed by atoms with van der Waals surface area (Å²) in [5, 5.41) is 4.89. The first kappa shape index (κ1) is 9.28. The average Bonchev–Trinajstić information content (AvgIpc) is 2.65. The normalized spacial score (nSPS) is 43.4. The Morgan fingerprint density at radius 3 is 2.56 bits per heavy atom. The average molecular weight is 235 g/mol. The van der Waals surface area contributed by atoms with Crippen molar-refractivity contribution < 1.29 is 0 Å². The number of nitrogens with one attached hydrogen (secondary N) is 1. The molecule has 4 rings (SSSR count). The molecule has 4 heteroatoms. The van der Waals surface area contributed by atoms with Gasteiger partial charge in [-0.05, 0) is 61.4 Å². The van der Waals surface area contributed by atoms with E-state index in [0.29, 0.717) is 5.82 Å². The molecule has 0 aliphatic heterocycles. The molecule has 1 heterocycles. The number of hydrogen-bond donors (Lipinski definition) is 2. The van der Waals surface area contributed by atoms with E-state index in [2.05, 4.69) is 16.6 Å². The van der Waals surface area contributed by atoms with Gasteiger partial charge in [0.1, 0.15) is 10.8 Å². The molecule has 3 aliphatic rings. The van der Waals surface area contributed by atoms with Crippen molar-refractivity contribution in [3.8, 4) is 0 Å². The first-order chi connectivity index (χ1) is 7.75. The lowest BCUT2D eigenvalue weighted by atomic mass is 10.0. The van der Waals surface area contributed by atoms with Crippen molar-refractivity contribution in [1.82, 2.24) is 4.37 Å². The van der Waals surface area contributed by atoms with Crippen molar-refractivity contribution in [2.24, 2.45) is 23.7 Å². The Balaban J connectivity index is 1.53. The minimum atomic E-state index is 0.696. The lowest BCUT2D eigenvalue weighted by molar-refractivity contribution is 0.456. The standard InChI is InChI=1S/C12H17N3S/c1-5-11(13)15-16-12(5)14-10-8-6-2-3-7(4-6)9(8)10/h6-10,14H,2-4H2,1H3,(H2,13,15). The van der Waals surface area contributed by atoms with E-state index in [1.807, 2.05) is 0 Å². The Kier molecular flexibility index (Phi) is 1.69. The van der Waals surface area contributed by atoms with Gasteiger partial charge in [0.05, 0.1) is 0 Å². The first-order valence-electron chi connectivity index (χ1n) is 6.24. The van der Waals surface area contributed by atoms with E-state index in [9.17, 15) is 0 Å². The lowest BCUT2D eigenvalue weighted by Crippen LogP contribution is -2.12. The molecule has 0 amide bonds. The largest absolute Gasteiger partial charge is 0.383 e. The van der Waals surface area contributed by atoms with Crippen LogP contribution in [0.3, 0.4) is 0 Å². The van der Waals surface area contributed by atoms with Gasteiger partial charge in [-0.25, -0.2) is 0 Å². The zero-order valence-electron chi connectivity index (χ0n) is 9.44. The number of anilines is 2. The summed E-state index contributed by atoms with van der Waals surface area (Å²) < 4.78 is 4.20. The minimum absolute atomic E-state index is 0.696. The van der Waals surface area contributed by atoms with Gasteiger partial charge in [-0.15, -0.1) is 0 Å². The predicted octanol–water partition coefficient (Wildman–Crippen LogP) is 2.49. The minimum Gasteiger partial charge on any atom is -0.383 e. The van der Waals surface area contributed by atoms with Crippen molar-refractivity contribution >= 4 is 22.4 Å². The van der Waals surface area contributed by atoms with E-state index >= 15 is 0 Å². The molecule has 0 radical (unpaired) electrons. The fourth-order valence-electron chi connectivity index (χ4n) is 4.15. The van der Waals surface area contributed by atoms with Gasteiger partial charge in [0, 0.05) is 11.6 Å².